The van der Waals surface area contributed by atoms with Crippen molar-refractivity contribution in [2.75, 3.05) is 13.7 Å². The lowest BCUT2D eigenvalue weighted by molar-refractivity contribution is 0.128. The minimum Gasteiger partial charge on any atom is -0.497 e. The fourth-order valence-electron chi connectivity index (χ4n) is 5.78. The largest absolute Gasteiger partial charge is 0.497 e. The zero-order valence-corrected chi connectivity index (χ0v) is 22.7. The van der Waals surface area contributed by atoms with Crippen molar-refractivity contribution < 1.29 is 4.74 Å². The van der Waals surface area contributed by atoms with Gasteiger partial charge in [0.05, 0.1) is 25.0 Å². The summed E-state index contributed by atoms with van der Waals surface area (Å²) < 4.78 is 7.95. The molecule has 0 amide bonds. The molecule has 3 aromatic rings. The highest BCUT2D eigenvalue weighted by Crippen LogP contribution is 2.34. The van der Waals surface area contributed by atoms with Gasteiger partial charge in [0.25, 0.3) is 0 Å². The van der Waals surface area contributed by atoms with E-state index < -0.39 is 0 Å². The molecule has 4 nitrogen and oxygen atoms in total. The van der Waals surface area contributed by atoms with Gasteiger partial charge in [0.15, 0.2) is 0 Å². The van der Waals surface area contributed by atoms with Crippen molar-refractivity contribution in [2.45, 2.75) is 90.8 Å². The van der Waals surface area contributed by atoms with Crippen LogP contribution in [0.5, 0.6) is 5.75 Å². The first-order valence-corrected chi connectivity index (χ1v) is 14.2. The summed E-state index contributed by atoms with van der Waals surface area (Å²) in [5.74, 6) is 2.83. The number of hydrogen-bond acceptors (Lipinski definition) is 3. The number of aromatic nitrogens is 2. The Morgan fingerprint density at radius 3 is 2.39 bits per heavy atom. The quantitative estimate of drug-likeness (QED) is 0.243. The molecule has 0 saturated heterocycles. The highest BCUT2D eigenvalue weighted by atomic mass is 16.5. The smallest absolute Gasteiger partial charge is 0.140 e. The fraction of sp³-hybridized carbons (Fsp3) is 0.531. The van der Waals surface area contributed by atoms with Gasteiger partial charge in [-0.2, -0.15) is 0 Å². The summed E-state index contributed by atoms with van der Waals surface area (Å²) in [5, 5.41) is 0. The van der Waals surface area contributed by atoms with Crippen LogP contribution in [0.1, 0.15) is 88.9 Å². The number of imidazole rings is 1. The van der Waals surface area contributed by atoms with Crippen LogP contribution in [0.15, 0.2) is 60.8 Å². The summed E-state index contributed by atoms with van der Waals surface area (Å²) in [5.41, 5.74) is 3.95. The molecule has 1 aliphatic carbocycles. The second kappa shape index (κ2) is 13.6. The molecule has 2 aromatic carbocycles. The van der Waals surface area contributed by atoms with Crippen molar-refractivity contribution >= 4 is 0 Å². The molecule has 0 N–H and O–H groups in total. The van der Waals surface area contributed by atoms with E-state index in [1.54, 1.807) is 7.11 Å². The molecule has 0 unspecified atom stereocenters. The third-order valence-electron chi connectivity index (χ3n) is 7.76. The summed E-state index contributed by atoms with van der Waals surface area (Å²) in [4.78, 5) is 7.79. The average Bonchev–Trinajstić information content (AvgIpc) is 3.35. The molecule has 0 bridgehead atoms. The summed E-state index contributed by atoms with van der Waals surface area (Å²) in [6.07, 6.45) is 13.7. The van der Waals surface area contributed by atoms with Crippen molar-refractivity contribution in [3.8, 4) is 17.1 Å². The second-order valence-corrected chi connectivity index (χ2v) is 10.5. The van der Waals surface area contributed by atoms with Crippen molar-refractivity contribution in [2.24, 2.45) is 5.92 Å². The fourth-order valence-corrected chi connectivity index (χ4v) is 5.78. The third-order valence-corrected chi connectivity index (χ3v) is 7.76. The van der Waals surface area contributed by atoms with Gasteiger partial charge in [0.1, 0.15) is 11.6 Å². The number of methoxy groups -OCH3 is 1. The molecule has 36 heavy (non-hydrogen) atoms. The lowest BCUT2D eigenvalue weighted by atomic mass is 9.88. The number of unbranched alkanes of at least 4 members (excludes halogenated alkanes) is 1. The van der Waals surface area contributed by atoms with Gasteiger partial charge in [-0.15, -0.1) is 0 Å². The van der Waals surface area contributed by atoms with Crippen LogP contribution < -0.4 is 4.74 Å². The zero-order chi connectivity index (χ0) is 25.2. The zero-order valence-electron chi connectivity index (χ0n) is 22.7. The van der Waals surface area contributed by atoms with Crippen LogP contribution in [0, 0.1) is 5.92 Å². The normalized spacial score (nSPS) is 15.3. The maximum absolute atomic E-state index is 5.42. The molecule has 1 saturated carbocycles. The van der Waals surface area contributed by atoms with E-state index in [9.17, 15) is 0 Å². The van der Waals surface area contributed by atoms with Gasteiger partial charge < -0.3 is 9.30 Å². The van der Waals surface area contributed by atoms with E-state index in [1.165, 1.54) is 61.8 Å². The Hall–Kier alpha value is -2.59. The minimum absolute atomic E-state index is 0.362. The Balaban J connectivity index is 1.70. The topological polar surface area (TPSA) is 30.3 Å². The first-order chi connectivity index (χ1) is 17.7. The Bertz CT molecular complexity index is 1020. The van der Waals surface area contributed by atoms with Gasteiger partial charge in [0, 0.05) is 25.2 Å². The third kappa shape index (κ3) is 6.79. The molecule has 4 heteroatoms. The van der Waals surface area contributed by atoms with Crippen molar-refractivity contribution in [1.82, 2.24) is 14.5 Å². The highest BCUT2D eigenvalue weighted by Gasteiger charge is 2.28. The number of rotatable bonds is 13. The van der Waals surface area contributed by atoms with E-state index in [1.807, 2.05) is 0 Å². The molecule has 1 atom stereocenters. The number of hydrogen-bond donors (Lipinski definition) is 0. The van der Waals surface area contributed by atoms with E-state index in [0.717, 1.165) is 50.0 Å². The lowest BCUT2D eigenvalue weighted by Crippen LogP contribution is -2.35. The van der Waals surface area contributed by atoms with Crippen LogP contribution in [0.3, 0.4) is 0 Å². The standard InChI is InChI=1S/C32H45N3O/c1-4-6-22-35-31(23-33-32(35)28-16-11-8-12-17-28)30(13-5-2)34(24-26-14-9-7-10-15-26)25-27-18-20-29(36-3)21-19-27/h8,11-12,16-21,23,26,30H,4-7,9-10,13-15,22,24-25H2,1-3H3/t30-/m1/s1. The number of benzene rings is 2. The van der Waals surface area contributed by atoms with Crippen LogP contribution in [0.2, 0.25) is 0 Å². The molecule has 1 heterocycles. The molecule has 1 aliphatic rings. The van der Waals surface area contributed by atoms with Crippen LogP contribution in [0.25, 0.3) is 11.4 Å². The molecule has 4 rings (SSSR count). The molecular weight excluding hydrogens is 442 g/mol. The van der Waals surface area contributed by atoms with Crippen LogP contribution in [-0.4, -0.2) is 28.1 Å². The van der Waals surface area contributed by atoms with Crippen LogP contribution >= 0.6 is 0 Å². The molecule has 0 spiro atoms. The van der Waals surface area contributed by atoms with Crippen LogP contribution in [0.4, 0.5) is 0 Å². The van der Waals surface area contributed by atoms with Gasteiger partial charge >= 0.3 is 0 Å². The predicted octanol–water partition coefficient (Wildman–Crippen LogP) is 8.28. The Morgan fingerprint density at radius 2 is 1.72 bits per heavy atom. The molecule has 0 aliphatic heterocycles. The molecule has 1 fully saturated rings. The predicted molar refractivity (Wildman–Crippen MR) is 150 cm³/mol. The Kier molecular flexibility index (Phi) is 10.0. The van der Waals surface area contributed by atoms with Crippen molar-refractivity contribution in [3.05, 3.63) is 72.1 Å². The SMILES string of the molecule is CCCCn1c([C@@H](CCC)N(Cc2ccc(OC)cc2)CC2CCCCC2)cnc1-c1ccccc1. The van der Waals surface area contributed by atoms with E-state index in [2.05, 4.69) is 84.1 Å². The highest BCUT2D eigenvalue weighted by molar-refractivity contribution is 5.56. The number of ether oxygens (including phenoxy) is 1. The first-order valence-electron chi connectivity index (χ1n) is 14.2. The van der Waals surface area contributed by atoms with Crippen molar-refractivity contribution in [1.29, 1.82) is 0 Å². The maximum atomic E-state index is 5.42. The molecular formula is C32H45N3O. The van der Waals surface area contributed by atoms with E-state index in [0.29, 0.717) is 6.04 Å². The van der Waals surface area contributed by atoms with Gasteiger partial charge in [-0.05, 0) is 49.3 Å². The van der Waals surface area contributed by atoms with Crippen LogP contribution in [-0.2, 0) is 13.1 Å². The molecule has 0 radical (unpaired) electrons. The number of nitrogens with zero attached hydrogens (tertiary/aromatic N) is 3. The lowest BCUT2D eigenvalue weighted by Gasteiger charge is -2.36. The van der Waals surface area contributed by atoms with E-state index in [-0.39, 0.29) is 0 Å². The first kappa shape index (κ1) is 26.5. The Labute approximate surface area is 218 Å². The summed E-state index contributed by atoms with van der Waals surface area (Å²) >= 11 is 0. The van der Waals surface area contributed by atoms with Gasteiger partial charge in [-0.3, -0.25) is 4.90 Å². The van der Waals surface area contributed by atoms with Gasteiger partial charge in [-0.25, -0.2) is 4.98 Å². The summed E-state index contributed by atoms with van der Waals surface area (Å²) in [6, 6.07) is 19.8. The Morgan fingerprint density at radius 1 is 0.972 bits per heavy atom. The monoisotopic (exact) mass is 487 g/mol. The minimum atomic E-state index is 0.362. The van der Waals surface area contributed by atoms with E-state index in [4.69, 9.17) is 9.72 Å². The maximum Gasteiger partial charge on any atom is 0.140 e. The van der Waals surface area contributed by atoms with Gasteiger partial charge in [-0.1, -0.05) is 88.4 Å². The molecule has 194 valence electrons. The summed E-state index contributed by atoms with van der Waals surface area (Å²) in [6.45, 7) is 7.75. The van der Waals surface area contributed by atoms with Crippen molar-refractivity contribution in [3.63, 3.8) is 0 Å². The molecule has 1 aromatic heterocycles. The van der Waals surface area contributed by atoms with Gasteiger partial charge in [0.2, 0.25) is 0 Å². The average molecular weight is 488 g/mol. The summed E-state index contributed by atoms with van der Waals surface area (Å²) in [7, 11) is 1.74. The van der Waals surface area contributed by atoms with E-state index >= 15 is 0 Å². The second-order valence-electron chi connectivity index (χ2n) is 10.5.